The van der Waals surface area contributed by atoms with Crippen LogP contribution in [-0.4, -0.2) is 25.8 Å². The minimum atomic E-state index is -4.55. The number of rotatable bonds is 6. The topological polar surface area (TPSA) is 97.1 Å². The second kappa shape index (κ2) is 8.58. The molecule has 2 aromatic heterocycles. The summed E-state index contributed by atoms with van der Waals surface area (Å²) in [5.41, 5.74) is -0.535. The Morgan fingerprint density at radius 2 is 2.00 bits per heavy atom. The third-order valence-electron chi connectivity index (χ3n) is 4.69. The molecule has 0 unspecified atom stereocenters. The van der Waals surface area contributed by atoms with Crippen molar-refractivity contribution in [1.29, 1.82) is 0 Å². The van der Waals surface area contributed by atoms with E-state index in [9.17, 15) is 27.9 Å². The molecular weight excluding hydrogens is 413 g/mol. The Morgan fingerprint density at radius 3 is 2.61 bits per heavy atom. The summed E-state index contributed by atoms with van der Waals surface area (Å²) in [5.74, 6) is -1.39. The molecule has 3 rings (SSSR count). The predicted molar refractivity (Wildman–Crippen MR) is 108 cm³/mol. The van der Waals surface area contributed by atoms with E-state index in [0.29, 0.717) is 5.69 Å². The number of halogens is 3. The zero-order valence-corrected chi connectivity index (χ0v) is 16.7. The van der Waals surface area contributed by atoms with Crippen LogP contribution in [-0.2, 0) is 19.1 Å². The van der Waals surface area contributed by atoms with Gasteiger partial charge < -0.3 is 10.4 Å². The number of nitrogens with zero attached hydrogens (tertiary/aromatic N) is 3. The van der Waals surface area contributed by atoms with Crippen molar-refractivity contribution in [3.63, 3.8) is 0 Å². The maximum absolute atomic E-state index is 13.1. The van der Waals surface area contributed by atoms with Gasteiger partial charge in [-0.1, -0.05) is 18.2 Å². The first kappa shape index (κ1) is 22.0. The Kier molecular flexibility index (Phi) is 6.09. The lowest BCUT2D eigenvalue weighted by molar-refractivity contribution is -0.137. The van der Waals surface area contributed by atoms with Gasteiger partial charge in [0.25, 0.3) is 5.56 Å². The second-order valence-corrected chi connectivity index (χ2v) is 6.82. The van der Waals surface area contributed by atoms with Crippen LogP contribution in [0, 0.1) is 6.92 Å². The zero-order valence-electron chi connectivity index (χ0n) is 16.7. The average molecular weight is 432 g/mol. The number of carbonyl (C=O) groups is 1. The van der Waals surface area contributed by atoms with Crippen LogP contribution in [0.4, 0.5) is 24.5 Å². The Balaban J connectivity index is 2.20. The van der Waals surface area contributed by atoms with Gasteiger partial charge >= 0.3 is 12.1 Å². The molecule has 3 aromatic rings. The number of anilines is 2. The third-order valence-corrected chi connectivity index (χ3v) is 4.69. The van der Waals surface area contributed by atoms with Crippen molar-refractivity contribution in [2.45, 2.75) is 33.0 Å². The van der Waals surface area contributed by atoms with Crippen LogP contribution >= 0.6 is 0 Å². The van der Waals surface area contributed by atoms with Crippen LogP contribution in [0.2, 0.25) is 0 Å². The molecule has 31 heavy (non-hydrogen) atoms. The third kappa shape index (κ3) is 4.73. The van der Waals surface area contributed by atoms with Gasteiger partial charge in [-0.2, -0.15) is 18.3 Å². The van der Waals surface area contributed by atoms with E-state index >= 15 is 0 Å². The Hall–Kier alpha value is -3.69. The van der Waals surface area contributed by atoms with E-state index in [2.05, 4.69) is 15.4 Å². The first-order valence-corrected chi connectivity index (χ1v) is 9.32. The average Bonchev–Trinajstić information content (AvgIpc) is 2.71. The van der Waals surface area contributed by atoms with Gasteiger partial charge in [-0.3, -0.25) is 9.78 Å². The fraction of sp³-hybridized carbons (Fsp3) is 0.238. The van der Waals surface area contributed by atoms with Gasteiger partial charge in [0.05, 0.1) is 17.4 Å². The maximum atomic E-state index is 13.1. The molecule has 0 aliphatic heterocycles. The van der Waals surface area contributed by atoms with Crippen LogP contribution in [0.5, 0.6) is 0 Å². The summed E-state index contributed by atoms with van der Waals surface area (Å²) in [6.07, 6.45) is -1.76. The van der Waals surface area contributed by atoms with Gasteiger partial charge in [0, 0.05) is 24.7 Å². The van der Waals surface area contributed by atoms with E-state index in [1.807, 2.05) is 0 Å². The van der Waals surface area contributed by atoms with Gasteiger partial charge in [0.15, 0.2) is 5.69 Å². The summed E-state index contributed by atoms with van der Waals surface area (Å²) in [7, 11) is 0. The zero-order chi connectivity index (χ0) is 22.8. The number of carboxylic acid groups (broad SMARTS) is 1. The van der Waals surface area contributed by atoms with Crippen molar-refractivity contribution in [2.24, 2.45) is 0 Å². The molecule has 0 atom stereocenters. The van der Waals surface area contributed by atoms with E-state index in [4.69, 9.17) is 0 Å². The lowest BCUT2D eigenvalue weighted by atomic mass is 10.00. The van der Waals surface area contributed by atoms with E-state index < -0.39 is 29.0 Å². The first-order chi connectivity index (χ1) is 14.6. The van der Waals surface area contributed by atoms with Crippen molar-refractivity contribution in [3.8, 4) is 0 Å². The molecule has 0 aliphatic carbocycles. The number of aromatic carboxylic acids is 1. The molecule has 0 spiro atoms. The molecule has 7 nitrogen and oxygen atoms in total. The number of alkyl halides is 3. The highest BCUT2D eigenvalue weighted by Gasteiger charge is 2.31. The molecule has 162 valence electrons. The minimum Gasteiger partial charge on any atom is -0.476 e. The SMILES string of the molecule is CCn1nc(C(=O)O)c(Cc2cccc(C(F)(F)F)c2)c(Nc2cnccc2C)c1=O. The quantitative estimate of drug-likeness (QED) is 0.611. The van der Waals surface area contributed by atoms with Gasteiger partial charge in [-0.25, -0.2) is 9.48 Å². The van der Waals surface area contributed by atoms with Crippen molar-refractivity contribution < 1.29 is 23.1 Å². The fourth-order valence-electron chi connectivity index (χ4n) is 3.08. The summed E-state index contributed by atoms with van der Waals surface area (Å²) >= 11 is 0. The van der Waals surface area contributed by atoms with E-state index in [-0.39, 0.29) is 29.8 Å². The molecule has 1 aromatic carbocycles. The lowest BCUT2D eigenvalue weighted by Gasteiger charge is -2.17. The van der Waals surface area contributed by atoms with Crippen LogP contribution in [0.1, 0.15) is 39.7 Å². The lowest BCUT2D eigenvalue weighted by Crippen LogP contribution is -2.29. The molecule has 0 saturated heterocycles. The van der Waals surface area contributed by atoms with Crippen molar-refractivity contribution in [3.05, 3.63) is 81.0 Å². The summed E-state index contributed by atoms with van der Waals surface area (Å²) in [4.78, 5) is 28.9. The van der Waals surface area contributed by atoms with Crippen molar-refractivity contribution >= 4 is 17.3 Å². The predicted octanol–water partition coefficient (Wildman–Crippen LogP) is 4.02. The summed E-state index contributed by atoms with van der Waals surface area (Å²) in [5, 5.41) is 16.5. The van der Waals surface area contributed by atoms with Crippen LogP contribution in [0.25, 0.3) is 0 Å². The Morgan fingerprint density at radius 1 is 1.26 bits per heavy atom. The van der Waals surface area contributed by atoms with Crippen LogP contribution in [0.15, 0.2) is 47.5 Å². The molecule has 0 bridgehead atoms. The normalized spacial score (nSPS) is 11.4. The summed E-state index contributed by atoms with van der Waals surface area (Å²) < 4.78 is 40.3. The Labute approximate surface area is 175 Å². The van der Waals surface area contributed by atoms with Crippen LogP contribution < -0.4 is 10.9 Å². The molecule has 0 radical (unpaired) electrons. The number of hydrogen-bond acceptors (Lipinski definition) is 5. The van der Waals surface area contributed by atoms with E-state index in [1.54, 1.807) is 26.1 Å². The first-order valence-electron chi connectivity index (χ1n) is 9.32. The molecule has 0 amide bonds. The van der Waals surface area contributed by atoms with Gasteiger partial charge in [0.2, 0.25) is 0 Å². The number of nitrogens with one attached hydrogen (secondary N) is 1. The Bertz CT molecular complexity index is 1190. The number of aromatic nitrogens is 3. The highest BCUT2D eigenvalue weighted by molar-refractivity contribution is 5.89. The number of benzene rings is 1. The number of carboxylic acids is 1. The fourth-order valence-corrected chi connectivity index (χ4v) is 3.08. The molecule has 0 aliphatic rings. The van der Waals surface area contributed by atoms with E-state index in [0.717, 1.165) is 22.4 Å². The molecule has 0 fully saturated rings. The standard InChI is InChI=1S/C21H19F3N4O3/c1-3-28-19(29)17(26-16-11-25-8-7-12(16)2)15(18(27-28)20(30)31)10-13-5-4-6-14(9-13)21(22,23)24/h4-9,11,26H,3,10H2,1-2H3,(H,30,31). The van der Waals surface area contributed by atoms with E-state index in [1.165, 1.54) is 18.3 Å². The van der Waals surface area contributed by atoms with Crippen molar-refractivity contribution in [1.82, 2.24) is 14.8 Å². The number of pyridine rings is 1. The number of hydrogen-bond donors (Lipinski definition) is 2. The van der Waals surface area contributed by atoms with Crippen LogP contribution in [0.3, 0.4) is 0 Å². The molecule has 2 N–H and O–H groups in total. The molecular formula is C21H19F3N4O3. The molecule has 10 heteroatoms. The highest BCUT2D eigenvalue weighted by atomic mass is 19.4. The summed E-state index contributed by atoms with van der Waals surface area (Å²) in [6.45, 7) is 3.52. The number of aryl methyl sites for hydroxylation is 2. The van der Waals surface area contributed by atoms with Gasteiger partial charge in [0.1, 0.15) is 5.69 Å². The van der Waals surface area contributed by atoms with Gasteiger partial charge in [-0.15, -0.1) is 0 Å². The smallest absolute Gasteiger partial charge is 0.416 e. The van der Waals surface area contributed by atoms with Crippen molar-refractivity contribution in [2.75, 3.05) is 5.32 Å². The highest BCUT2D eigenvalue weighted by Crippen LogP contribution is 2.31. The van der Waals surface area contributed by atoms with Gasteiger partial charge in [-0.05, 0) is 37.1 Å². The minimum absolute atomic E-state index is 0.00947. The maximum Gasteiger partial charge on any atom is 0.416 e. The monoisotopic (exact) mass is 432 g/mol. The molecule has 2 heterocycles. The largest absolute Gasteiger partial charge is 0.476 e. The summed E-state index contributed by atoms with van der Waals surface area (Å²) in [6, 6.07) is 6.22. The molecule has 0 saturated carbocycles. The second-order valence-electron chi connectivity index (χ2n) is 6.82.